The Kier molecular flexibility index (Phi) is 2.09. The Morgan fingerprint density at radius 3 is 2.11 bits per heavy atom. The summed E-state index contributed by atoms with van der Waals surface area (Å²) in [7, 11) is 0. The van der Waals surface area contributed by atoms with Crippen LogP contribution in [0.5, 0.6) is 0 Å². The SMILES string of the molecule is [CH2]C(=N)N1CCCCC1. The maximum Gasteiger partial charge on any atom is 0.0962 e. The number of piperidine rings is 1. The molecule has 0 aromatic rings. The molecule has 1 N–H and O–H groups in total. The highest BCUT2D eigenvalue weighted by Gasteiger charge is 2.08. The standard InChI is InChI=1S/C7H13N2/c1-7(8)9-5-3-2-4-6-9/h8H,1-6H2. The van der Waals surface area contributed by atoms with Crippen molar-refractivity contribution < 1.29 is 0 Å². The lowest BCUT2D eigenvalue weighted by atomic mass is 10.1. The summed E-state index contributed by atoms with van der Waals surface area (Å²) in [4.78, 5) is 2.03. The first-order chi connectivity index (χ1) is 4.30. The Bertz CT molecular complexity index is 103. The van der Waals surface area contributed by atoms with Crippen molar-refractivity contribution in [2.45, 2.75) is 19.3 Å². The third kappa shape index (κ3) is 1.70. The Morgan fingerprint density at radius 2 is 1.78 bits per heavy atom. The molecule has 0 atom stereocenters. The summed E-state index contributed by atoms with van der Waals surface area (Å²) in [6.45, 7) is 5.66. The van der Waals surface area contributed by atoms with Crippen LogP contribution in [-0.4, -0.2) is 23.8 Å². The molecule has 0 unspecified atom stereocenters. The summed E-state index contributed by atoms with van der Waals surface area (Å²) in [5, 5.41) is 7.20. The molecule has 1 rings (SSSR count). The molecule has 1 heterocycles. The molecule has 1 aliphatic rings. The predicted octanol–water partition coefficient (Wildman–Crippen LogP) is 1.28. The Labute approximate surface area is 56.4 Å². The zero-order valence-electron chi connectivity index (χ0n) is 5.69. The first kappa shape index (κ1) is 6.59. The molecule has 51 valence electrons. The van der Waals surface area contributed by atoms with Gasteiger partial charge in [0, 0.05) is 20.0 Å². The molecule has 0 saturated carbocycles. The van der Waals surface area contributed by atoms with Crippen LogP contribution in [0.4, 0.5) is 0 Å². The van der Waals surface area contributed by atoms with Crippen LogP contribution in [0.25, 0.3) is 0 Å². The number of nitrogens with zero attached hydrogens (tertiary/aromatic N) is 1. The smallest absolute Gasteiger partial charge is 0.0962 e. The Balaban J connectivity index is 2.31. The molecule has 1 saturated heterocycles. The van der Waals surface area contributed by atoms with E-state index in [-0.39, 0.29) is 0 Å². The van der Waals surface area contributed by atoms with Gasteiger partial charge in [0.25, 0.3) is 0 Å². The van der Waals surface area contributed by atoms with E-state index in [0.717, 1.165) is 13.1 Å². The molecule has 0 amide bonds. The average molecular weight is 125 g/mol. The van der Waals surface area contributed by atoms with Gasteiger partial charge in [0.15, 0.2) is 0 Å². The van der Waals surface area contributed by atoms with Gasteiger partial charge >= 0.3 is 0 Å². The van der Waals surface area contributed by atoms with Crippen LogP contribution < -0.4 is 0 Å². The summed E-state index contributed by atoms with van der Waals surface area (Å²) >= 11 is 0. The lowest BCUT2D eigenvalue weighted by molar-refractivity contribution is 0.342. The number of hydrogen-bond acceptors (Lipinski definition) is 1. The average Bonchev–Trinajstić information content (AvgIpc) is 1.90. The first-order valence-electron chi connectivity index (χ1n) is 3.46. The van der Waals surface area contributed by atoms with Crippen molar-refractivity contribution in [3.63, 3.8) is 0 Å². The second-order valence-corrected chi connectivity index (χ2v) is 2.49. The number of amidine groups is 1. The van der Waals surface area contributed by atoms with Crippen molar-refractivity contribution in [3.8, 4) is 0 Å². The summed E-state index contributed by atoms with van der Waals surface area (Å²) in [6, 6.07) is 0. The van der Waals surface area contributed by atoms with Gasteiger partial charge < -0.3 is 4.90 Å². The fourth-order valence-corrected chi connectivity index (χ4v) is 1.16. The van der Waals surface area contributed by atoms with E-state index in [1.54, 1.807) is 0 Å². The van der Waals surface area contributed by atoms with E-state index in [0.29, 0.717) is 5.84 Å². The van der Waals surface area contributed by atoms with Crippen molar-refractivity contribution in [2.75, 3.05) is 13.1 Å². The minimum Gasteiger partial charge on any atom is -0.361 e. The van der Waals surface area contributed by atoms with Crippen LogP contribution in [0.3, 0.4) is 0 Å². The molecule has 0 aromatic carbocycles. The highest BCUT2D eigenvalue weighted by molar-refractivity contribution is 5.83. The maximum atomic E-state index is 7.20. The molecule has 2 heteroatoms. The van der Waals surface area contributed by atoms with Gasteiger partial charge in [-0.25, -0.2) is 0 Å². The van der Waals surface area contributed by atoms with Crippen LogP contribution in [0.15, 0.2) is 0 Å². The molecular weight excluding hydrogens is 112 g/mol. The summed E-state index contributed by atoms with van der Waals surface area (Å²) in [5.41, 5.74) is 0. The second-order valence-electron chi connectivity index (χ2n) is 2.49. The molecule has 9 heavy (non-hydrogen) atoms. The van der Waals surface area contributed by atoms with E-state index in [4.69, 9.17) is 5.41 Å². The van der Waals surface area contributed by atoms with Crippen molar-refractivity contribution >= 4 is 5.84 Å². The molecule has 0 spiro atoms. The highest BCUT2D eigenvalue weighted by atomic mass is 15.2. The van der Waals surface area contributed by atoms with Gasteiger partial charge in [0.05, 0.1) is 5.84 Å². The van der Waals surface area contributed by atoms with E-state index in [1.807, 2.05) is 4.90 Å². The van der Waals surface area contributed by atoms with Gasteiger partial charge in [-0.2, -0.15) is 0 Å². The molecule has 0 aliphatic carbocycles. The number of likely N-dealkylation sites (tertiary alicyclic amines) is 1. The Hall–Kier alpha value is -0.530. The zero-order chi connectivity index (χ0) is 6.69. The normalized spacial score (nSPS) is 19.9. The Morgan fingerprint density at radius 1 is 1.22 bits per heavy atom. The lowest BCUT2D eigenvalue weighted by Crippen LogP contribution is -2.33. The van der Waals surface area contributed by atoms with E-state index >= 15 is 0 Å². The summed E-state index contributed by atoms with van der Waals surface area (Å²) in [6.07, 6.45) is 3.79. The van der Waals surface area contributed by atoms with Gasteiger partial charge in [0.2, 0.25) is 0 Å². The van der Waals surface area contributed by atoms with E-state index < -0.39 is 0 Å². The molecule has 1 aliphatic heterocycles. The zero-order valence-corrected chi connectivity index (χ0v) is 5.69. The molecule has 2 nitrogen and oxygen atoms in total. The van der Waals surface area contributed by atoms with Gasteiger partial charge in [-0.3, -0.25) is 5.41 Å². The largest absolute Gasteiger partial charge is 0.361 e. The highest BCUT2D eigenvalue weighted by Crippen LogP contribution is 2.07. The van der Waals surface area contributed by atoms with Gasteiger partial charge in [-0.15, -0.1) is 0 Å². The van der Waals surface area contributed by atoms with E-state index in [2.05, 4.69) is 6.92 Å². The van der Waals surface area contributed by atoms with Gasteiger partial charge in [-0.1, -0.05) is 0 Å². The third-order valence-electron chi connectivity index (χ3n) is 1.74. The monoisotopic (exact) mass is 125 g/mol. The van der Waals surface area contributed by atoms with Crippen molar-refractivity contribution in [1.82, 2.24) is 4.90 Å². The van der Waals surface area contributed by atoms with Crippen molar-refractivity contribution in [3.05, 3.63) is 6.92 Å². The second kappa shape index (κ2) is 2.85. The van der Waals surface area contributed by atoms with Crippen molar-refractivity contribution in [2.24, 2.45) is 0 Å². The predicted molar refractivity (Wildman–Crippen MR) is 38.5 cm³/mol. The number of nitrogens with one attached hydrogen (secondary N) is 1. The number of rotatable bonds is 0. The van der Waals surface area contributed by atoms with Crippen LogP contribution >= 0.6 is 0 Å². The minimum absolute atomic E-state index is 0.481. The van der Waals surface area contributed by atoms with Crippen LogP contribution in [-0.2, 0) is 0 Å². The molecule has 1 fully saturated rings. The molecule has 0 bridgehead atoms. The lowest BCUT2D eigenvalue weighted by Gasteiger charge is -2.26. The van der Waals surface area contributed by atoms with Gasteiger partial charge in [-0.05, 0) is 19.3 Å². The van der Waals surface area contributed by atoms with Crippen molar-refractivity contribution in [1.29, 1.82) is 5.41 Å². The third-order valence-corrected chi connectivity index (χ3v) is 1.74. The van der Waals surface area contributed by atoms with E-state index in [1.165, 1.54) is 19.3 Å². The molecular formula is C7H13N2. The summed E-state index contributed by atoms with van der Waals surface area (Å²) in [5.74, 6) is 0.481. The van der Waals surface area contributed by atoms with Gasteiger partial charge in [0.1, 0.15) is 0 Å². The maximum absolute atomic E-state index is 7.20. The topological polar surface area (TPSA) is 27.1 Å². The van der Waals surface area contributed by atoms with Crippen LogP contribution in [0.2, 0.25) is 0 Å². The van der Waals surface area contributed by atoms with Crippen LogP contribution in [0.1, 0.15) is 19.3 Å². The van der Waals surface area contributed by atoms with Crippen LogP contribution in [0, 0.1) is 12.3 Å². The molecule has 0 aromatic heterocycles. The number of hydrogen-bond donors (Lipinski definition) is 1. The summed E-state index contributed by atoms with van der Waals surface area (Å²) < 4.78 is 0. The quantitative estimate of drug-likeness (QED) is 0.383. The minimum atomic E-state index is 0.481. The fraction of sp³-hybridized carbons (Fsp3) is 0.714. The first-order valence-corrected chi connectivity index (χ1v) is 3.46. The fourth-order valence-electron chi connectivity index (χ4n) is 1.16. The van der Waals surface area contributed by atoms with E-state index in [9.17, 15) is 0 Å². The molecule has 1 radical (unpaired) electrons.